The maximum Gasteiger partial charge on any atom is 0.278 e. The number of hydrogen-bond acceptors (Lipinski definition) is 5. The highest BCUT2D eigenvalue weighted by Crippen LogP contribution is 2.29. The molecule has 1 aromatic heterocycles. The minimum atomic E-state index is -0.383. The summed E-state index contributed by atoms with van der Waals surface area (Å²) >= 11 is 11.9. The Balaban J connectivity index is 1.49. The molecule has 0 saturated heterocycles. The van der Waals surface area contributed by atoms with Gasteiger partial charge in [-0.15, -0.1) is 5.10 Å². The Morgan fingerprint density at radius 2 is 2.00 bits per heavy atom. The number of amides is 1. The quantitative estimate of drug-likeness (QED) is 0.689. The number of aromatic nitrogens is 3. The zero-order valence-electron chi connectivity index (χ0n) is 14.9. The fourth-order valence-electron chi connectivity index (χ4n) is 2.97. The van der Waals surface area contributed by atoms with Gasteiger partial charge in [0.2, 0.25) is 0 Å². The SMILES string of the molecule is COc1ccc([C@H]2Cn3nnc(C(=O)Nc4ccc(Cl)c(Cl)c4)c3CO2)cc1. The highest BCUT2D eigenvalue weighted by molar-refractivity contribution is 6.42. The van der Waals surface area contributed by atoms with E-state index in [-0.39, 0.29) is 24.3 Å². The normalized spacial score (nSPS) is 15.8. The fraction of sp³-hybridized carbons (Fsp3) is 0.211. The standard InChI is InChI=1S/C19H16Cl2N4O3/c1-27-13-5-2-11(3-6-13)17-9-25-16(10-28-17)18(23-24-25)19(26)22-12-4-7-14(20)15(21)8-12/h2-8,17H,9-10H2,1H3,(H,22,26)/t17-/m1/s1. The van der Waals surface area contributed by atoms with Gasteiger partial charge in [-0.25, -0.2) is 4.68 Å². The van der Waals surface area contributed by atoms with Crippen molar-refractivity contribution in [3.63, 3.8) is 0 Å². The van der Waals surface area contributed by atoms with Crippen molar-refractivity contribution in [1.82, 2.24) is 15.0 Å². The Morgan fingerprint density at radius 1 is 1.21 bits per heavy atom. The first-order chi connectivity index (χ1) is 13.5. The third kappa shape index (κ3) is 3.69. The highest BCUT2D eigenvalue weighted by atomic mass is 35.5. The minimum absolute atomic E-state index is 0.175. The Morgan fingerprint density at radius 3 is 2.71 bits per heavy atom. The van der Waals surface area contributed by atoms with Gasteiger partial charge in [-0.3, -0.25) is 4.79 Å². The topological polar surface area (TPSA) is 78.3 Å². The third-order valence-corrected chi connectivity index (χ3v) is 5.22. The molecule has 0 fully saturated rings. The van der Waals surface area contributed by atoms with E-state index in [1.54, 1.807) is 30.0 Å². The van der Waals surface area contributed by atoms with Crippen LogP contribution in [0, 0.1) is 0 Å². The number of fused-ring (bicyclic) bond motifs is 1. The molecule has 1 aliphatic rings. The number of ether oxygens (including phenoxy) is 2. The number of nitrogens with one attached hydrogen (secondary N) is 1. The molecule has 28 heavy (non-hydrogen) atoms. The molecule has 1 amide bonds. The fourth-order valence-corrected chi connectivity index (χ4v) is 3.27. The lowest BCUT2D eigenvalue weighted by Crippen LogP contribution is -2.24. The molecule has 0 spiro atoms. The van der Waals surface area contributed by atoms with Gasteiger partial charge in [0.25, 0.3) is 5.91 Å². The molecule has 0 unspecified atom stereocenters. The number of benzene rings is 2. The minimum Gasteiger partial charge on any atom is -0.497 e. The number of carbonyl (C=O) groups excluding carboxylic acids is 1. The molecule has 4 rings (SSSR count). The lowest BCUT2D eigenvalue weighted by Gasteiger charge is -2.24. The molecule has 0 saturated carbocycles. The summed E-state index contributed by atoms with van der Waals surface area (Å²) in [6.07, 6.45) is -0.175. The van der Waals surface area contributed by atoms with E-state index in [0.29, 0.717) is 28.0 Å². The van der Waals surface area contributed by atoms with Crippen molar-refractivity contribution in [2.75, 3.05) is 12.4 Å². The molecule has 9 heteroatoms. The van der Waals surface area contributed by atoms with Crippen LogP contribution in [0.25, 0.3) is 0 Å². The number of rotatable bonds is 4. The van der Waals surface area contributed by atoms with Crippen LogP contribution in [0.5, 0.6) is 5.75 Å². The van der Waals surface area contributed by atoms with Crippen LogP contribution in [-0.4, -0.2) is 28.0 Å². The number of anilines is 1. The molecule has 2 aromatic carbocycles. The first kappa shape index (κ1) is 18.7. The van der Waals surface area contributed by atoms with Gasteiger partial charge in [0.15, 0.2) is 5.69 Å². The van der Waals surface area contributed by atoms with E-state index in [0.717, 1.165) is 11.3 Å². The Bertz CT molecular complexity index is 1020. The molecule has 1 aliphatic heterocycles. The first-order valence-electron chi connectivity index (χ1n) is 8.49. The molecule has 144 valence electrons. The van der Waals surface area contributed by atoms with Gasteiger partial charge in [-0.2, -0.15) is 0 Å². The summed E-state index contributed by atoms with van der Waals surface area (Å²) in [5, 5.41) is 11.7. The monoisotopic (exact) mass is 418 g/mol. The Labute approximate surface area is 171 Å². The van der Waals surface area contributed by atoms with Crippen LogP contribution in [0.15, 0.2) is 42.5 Å². The maximum atomic E-state index is 12.6. The van der Waals surface area contributed by atoms with Crippen molar-refractivity contribution in [1.29, 1.82) is 0 Å². The van der Waals surface area contributed by atoms with Crippen molar-refractivity contribution in [2.45, 2.75) is 19.3 Å². The molecule has 3 aromatic rings. The smallest absolute Gasteiger partial charge is 0.278 e. The van der Waals surface area contributed by atoms with Crippen molar-refractivity contribution < 1.29 is 14.3 Å². The molecule has 7 nitrogen and oxygen atoms in total. The van der Waals surface area contributed by atoms with E-state index in [1.807, 2.05) is 24.3 Å². The van der Waals surface area contributed by atoms with Crippen LogP contribution >= 0.6 is 23.2 Å². The molecule has 0 bridgehead atoms. The summed E-state index contributed by atoms with van der Waals surface area (Å²) in [6, 6.07) is 12.5. The lowest BCUT2D eigenvalue weighted by molar-refractivity contribution is -0.00173. The molecule has 1 atom stereocenters. The van der Waals surface area contributed by atoms with Crippen LogP contribution in [0.2, 0.25) is 10.0 Å². The summed E-state index contributed by atoms with van der Waals surface area (Å²) in [6.45, 7) is 0.697. The van der Waals surface area contributed by atoms with Gasteiger partial charge in [0, 0.05) is 5.69 Å². The Kier molecular flexibility index (Phi) is 5.21. The third-order valence-electron chi connectivity index (χ3n) is 4.48. The van der Waals surface area contributed by atoms with Gasteiger partial charge < -0.3 is 14.8 Å². The lowest BCUT2D eigenvalue weighted by atomic mass is 10.1. The van der Waals surface area contributed by atoms with E-state index < -0.39 is 0 Å². The van der Waals surface area contributed by atoms with Gasteiger partial charge in [-0.1, -0.05) is 40.5 Å². The van der Waals surface area contributed by atoms with Crippen molar-refractivity contribution in [3.8, 4) is 5.75 Å². The molecular formula is C19H16Cl2N4O3. The molecular weight excluding hydrogens is 403 g/mol. The van der Waals surface area contributed by atoms with Crippen LogP contribution in [0.1, 0.15) is 27.8 Å². The zero-order chi connectivity index (χ0) is 19.7. The molecule has 1 N–H and O–H groups in total. The van der Waals surface area contributed by atoms with Crippen molar-refractivity contribution >= 4 is 34.8 Å². The van der Waals surface area contributed by atoms with E-state index in [2.05, 4.69) is 15.6 Å². The number of hydrogen-bond donors (Lipinski definition) is 1. The average molecular weight is 419 g/mol. The number of halogens is 2. The van der Waals surface area contributed by atoms with Gasteiger partial charge in [0.1, 0.15) is 11.9 Å². The van der Waals surface area contributed by atoms with Crippen LogP contribution in [0.4, 0.5) is 5.69 Å². The summed E-state index contributed by atoms with van der Waals surface area (Å²) < 4.78 is 12.8. The summed E-state index contributed by atoms with van der Waals surface area (Å²) in [5.74, 6) is 0.397. The number of nitrogens with zero attached hydrogens (tertiary/aromatic N) is 3. The maximum absolute atomic E-state index is 12.6. The highest BCUT2D eigenvalue weighted by Gasteiger charge is 2.27. The van der Waals surface area contributed by atoms with Gasteiger partial charge >= 0.3 is 0 Å². The summed E-state index contributed by atoms with van der Waals surface area (Å²) in [7, 11) is 1.62. The van der Waals surface area contributed by atoms with Crippen molar-refractivity contribution in [2.24, 2.45) is 0 Å². The van der Waals surface area contributed by atoms with Gasteiger partial charge in [0.05, 0.1) is 36.0 Å². The van der Waals surface area contributed by atoms with E-state index in [9.17, 15) is 4.79 Å². The van der Waals surface area contributed by atoms with Crippen molar-refractivity contribution in [3.05, 3.63) is 69.5 Å². The van der Waals surface area contributed by atoms with E-state index in [1.165, 1.54) is 0 Å². The van der Waals surface area contributed by atoms with E-state index in [4.69, 9.17) is 32.7 Å². The first-order valence-corrected chi connectivity index (χ1v) is 9.25. The molecule has 0 aliphatic carbocycles. The van der Waals surface area contributed by atoms with Crippen LogP contribution in [-0.2, 0) is 17.9 Å². The van der Waals surface area contributed by atoms with Crippen LogP contribution < -0.4 is 10.1 Å². The van der Waals surface area contributed by atoms with E-state index >= 15 is 0 Å². The second-order valence-corrected chi connectivity index (χ2v) is 7.04. The largest absolute Gasteiger partial charge is 0.497 e. The summed E-state index contributed by atoms with van der Waals surface area (Å²) in [4.78, 5) is 12.6. The number of methoxy groups -OCH3 is 1. The average Bonchev–Trinajstić information content (AvgIpc) is 3.14. The predicted octanol–water partition coefficient (Wildman–Crippen LogP) is 4.12. The molecule has 0 radical (unpaired) electrons. The van der Waals surface area contributed by atoms with Gasteiger partial charge in [-0.05, 0) is 35.9 Å². The summed E-state index contributed by atoms with van der Waals surface area (Å²) in [5.41, 5.74) is 2.37. The molecule has 2 heterocycles. The van der Waals surface area contributed by atoms with Crippen LogP contribution in [0.3, 0.4) is 0 Å². The second kappa shape index (κ2) is 7.79. The zero-order valence-corrected chi connectivity index (χ0v) is 16.4. The second-order valence-electron chi connectivity index (χ2n) is 6.22. The predicted molar refractivity (Wildman–Crippen MR) is 105 cm³/mol. The number of carbonyl (C=O) groups is 1. The Hall–Kier alpha value is -2.61.